The molecule has 98 valence electrons. The van der Waals surface area contributed by atoms with Crippen molar-refractivity contribution in [3.8, 4) is 5.75 Å². The molecule has 1 heterocycles. The number of rotatable bonds is 2. The van der Waals surface area contributed by atoms with Crippen LogP contribution in [-0.4, -0.2) is 23.1 Å². The molecule has 1 aliphatic heterocycles. The van der Waals surface area contributed by atoms with Gasteiger partial charge in [0.25, 0.3) is 0 Å². The minimum Gasteiger partial charge on any atom is -0.508 e. The molecule has 2 atom stereocenters. The quantitative estimate of drug-likeness (QED) is 0.863. The second kappa shape index (κ2) is 5.31. The van der Waals surface area contributed by atoms with Gasteiger partial charge in [0.15, 0.2) is 0 Å². The Kier molecular flexibility index (Phi) is 3.55. The molecule has 1 N–H and O–H groups in total. The van der Waals surface area contributed by atoms with E-state index in [0.29, 0.717) is 5.75 Å². The fourth-order valence-corrected chi connectivity index (χ4v) is 3.68. The van der Waals surface area contributed by atoms with Gasteiger partial charge in [-0.05, 0) is 48.9 Å². The first-order chi connectivity index (χ1) is 8.81. The Morgan fingerprint density at radius 3 is 2.50 bits per heavy atom. The number of aromatic hydroxyl groups is 1. The normalized spacial score (nSPS) is 28.9. The number of phenols is 1. The van der Waals surface area contributed by atoms with Gasteiger partial charge in [0, 0.05) is 13.1 Å². The Hall–Kier alpha value is -1.02. The zero-order valence-corrected chi connectivity index (χ0v) is 11.0. The van der Waals surface area contributed by atoms with Gasteiger partial charge in [-0.1, -0.05) is 31.4 Å². The zero-order chi connectivity index (χ0) is 12.4. The average Bonchev–Trinajstić information content (AvgIpc) is 2.41. The molecule has 1 saturated heterocycles. The van der Waals surface area contributed by atoms with Crippen LogP contribution < -0.4 is 0 Å². The molecular formula is C16H23NO. The van der Waals surface area contributed by atoms with Crippen molar-refractivity contribution >= 4 is 0 Å². The van der Waals surface area contributed by atoms with E-state index in [1.807, 2.05) is 12.1 Å². The second-order valence-corrected chi connectivity index (χ2v) is 5.99. The van der Waals surface area contributed by atoms with E-state index in [-0.39, 0.29) is 0 Å². The lowest BCUT2D eigenvalue weighted by atomic mass is 9.75. The topological polar surface area (TPSA) is 23.5 Å². The monoisotopic (exact) mass is 245 g/mol. The highest BCUT2D eigenvalue weighted by atomic mass is 16.3. The highest BCUT2D eigenvalue weighted by Crippen LogP contribution is 2.36. The zero-order valence-electron chi connectivity index (χ0n) is 11.0. The molecule has 2 aliphatic rings. The average molecular weight is 245 g/mol. The van der Waals surface area contributed by atoms with Crippen LogP contribution in [0.15, 0.2) is 24.3 Å². The molecule has 0 radical (unpaired) electrons. The van der Waals surface area contributed by atoms with Crippen LogP contribution in [0.1, 0.15) is 37.7 Å². The number of hydrogen-bond acceptors (Lipinski definition) is 2. The van der Waals surface area contributed by atoms with E-state index >= 15 is 0 Å². The van der Waals surface area contributed by atoms with Gasteiger partial charge >= 0.3 is 0 Å². The summed E-state index contributed by atoms with van der Waals surface area (Å²) in [6.07, 6.45) is 7.20. The molecule has 2 nitrogen and oxygen atoms in total. The van der Waals surface area contributed by atoms with E-state index < -0.39 is 0 Å². The molecule has 2 unspecified atom stereocenters. The predicted octanol–water partition coefficient (Wildman–Crippen LogP) is 3.40. The van der Waals surface area contributed by atoms with Crippen molar-refractivity contribution in [3.05, 3.63) is 29.8 Å². The number of piperidine rings is 1. The third-order valence-electron chi connectivity index (χ3n) is 4.72. The molecule has 2 heteroatoms. The van der Waals surface area contributed by atoms with Crippen molar-refractivity contribution in [3.63, 3.8) is 0 Å². The predicted molar refractivity (Wildman–Crippen MR) is 73.4 cm³/mol. The van der Waals surface area contributed by atoms with Gasteiger partial charge in [-0.15, -0.1) is 0 Å². The maximum atomic E-state index is 9.30. The van der Waals surface area contributed by atoms with Crippen molar-refractivity contribution in [1.82, 2.24) is 4.90 Å². The minimum absolute atomic E-state index is 0.365. The van der Waals surface area contributed by atoms with Crippen LogP contribution in [0.2, 0.25) is 0 Å². The fourth-order valence-electron chi connectivity index (χ4n) is 3.68. The van der Waals surface area contributed by atoms with E-state index in [4.69, 9.17) is 0 Å². The summed E-state index contributed by atoms with van der Waals surface area (Å²) in [6, 6.07) is 7.68. The molecule has 18 heavy (non-hydrogen) atoms. The Balaban J connectivity index is 1.59. The van der Waals surface area contributed by atoms with Crippen LogP contribution in [0.4, 0.5) is 0 Å². The van der Waals surface area contributed by atoms with Crippen molar-refractivity contribution in [2.75, 3.05) is 13.1 Å². The van der Waals surface area contributed by atoms with Crippen LogP contribution in [0.3, 0.4) is 0 Å². The lowest BCUT2D eigenvalue weighted by molar-refractivity contribution is 0.0820. The van der Waals surface area contributed by atoms with E-state index in [2.05, 4.69) is 4.90 Å². The summed E-state index contributed by atoms with van der Waals surface area (Å²) in [5.74, 6) is 2.32. The molecule has 0 spiro atoms. The Morgan fingerprint density at radius 2 is 1.72 bits per heavy atom. The summed E-state index contributed by atoms with van der Waals surface area (Å²) in [7, 11) is 0. The fraction of sp³-hybridized carbons (Fsp3) is 0.625. The van der Waals surface area contributed by atoms with Gasteiger partial charge in [0.05, 0.1) is 0 Å². The standard InChI is InChI=1S/C16H23NO/c18-16-7-5-13(6-8-16)11-17-10-9-14-3-1-2-4-15(14)12-17/h5-8,14-15,18H,1-4,9-12H2. The number of fused-ring (bicyclic) bond motifs is 1. The third kappa shape index (κ3) is 2.69. The van der Waals surface area contributed by atoms with Gasteiger partial charge in [-0.2, -0.15) is 0 Å². The highest BCUT2D eigenvalue weighted by Gasteiger charge is 2.30. The first-order valence-electron chi connectivity index (χ1n) is 7.31. The molecule has 0 aromatic heterocycles. The van der Waals surface area contributed by atoms with E-state index in [1.165, 1.54) is 50.8 Å². The molecular weight excluding hydrogens is 222 g/mol. The number of nitrogens with zero attached hydrogens (tertiary/aromatic N) is 1. The third-order valence-corrected chi connectivity index (χ3v) is 4.72. The summed E-state index contributed by atoms with van der Waals surface area (Å²) in [6.45, 7) is 3.58. The first-order valence-corrected chi connectivity index (χ1v) is 7.31. The molecule has 1 aromatic rings. The van der Waals surface area contributed by atoms with E-state index in [9.17, 15) is 5.11 Å². The summed E-state index contributed by atoms with van der Waals surface area (Å²) < 4.78 is 0. The number of hydrogen-bond donors (Lipinski definition) is 1. The summed E-state index contributed by atoms with van der Waals surface area (Å²) in [4.78, 5) is 2.60. The molecule has 3 rings (SSSR count). The van der Waals surface area contributed by atoms with Gasteiger partial charge in [-0.3, -0.25) is 4.90 Å². The Morgan fingerprint density at radius 1 is 1.00 bits per heavy atom. The summed E-state index contributed by atoms with van der Waals surface area (Å²) in [5.41, 5.74) is 1.32. The Labute approximate surface area is 110 Å². The molecule has 1 saturated carbocycles. The number of likely N-dealkylation sites (tertiary alicyclic amines) is 1. The summed E-state index contributed by atoms with van der Waals surface area (Å²) >= 11 is 0. The molecule has 1 aromatic carbocycles. The minimum atomic E-state index is 0.365. The lowest BCUT2D eigenvalue weighted by Crippen LogP contribution is -2.41. The van der Waals surface area contributed by atoms with Crippen LogP contribution in [0.25, 0.3) is 0 Å². The van der Waals surface area contributed by atoms with Crippen LogP contribution in [-0.2, 0) is 6.54 Å². The van der Waals surface area contributed by atoms with Crippen LogP contribution in [0.5, 0.6) is 5.75 Å². The largest absolute Gasteiger partial charge is 0.508 e. The Bertz CT molecular complexity index is 387. The molecule has 1 aliphatic carbocycles. The molecule has 0 amide bonds. The maximum absolute atomic E-state index is 9.30. The SMILES string of the molecule is Oc1ccc(CN2CCC3CCCCC3C2)cc1. The summed E-state index contributed by atoms with van der Waals surface area (Å²) in [5, 5.41) is 9.30. The van der Waals surface area contributed by atoms with Gasteiger partial charge in [-0.25, -0.2) is 0 Å². The highest BCUT2D eigenvalue weighted by molar-refractivity contribution is 5.25. The lowest BCUT2D eigenvalue weighted by Gasteiger charge is -2.41. The van der Waals surface area contributed by atoms with Gasteiger partial charge in [0.2, 0.25) is 0 Å². The number of phenolic OH excluding ortho intramolecular Hbond substituents is 1. The van der Waals surface area contributed by atoms with E-state index in [0.717, 1.165) is 18.4 Å². The smallest absolute Gasteiger partial charge is 0.115 e. The van der Waals surface area contributed by atoms with Gasteiger partial charge < -0.3 is 5.11 Å². The van der Waals surface area contributed by atoms with Crippen LogP contribution >= 0.6 is 0 Å². The number of benzene rings is 1. The molecule has 2 fully saturated rings. The van der Waals surface area contributed by atoms with Crippen molar-refractivity contribution < 1.29 is 5.11 Å². The maximum Gasteiger partial charge on any atom is 0.115 e. The second-order valence-electron chi connectivity index (χ2n) is 5.99. The van der Waals surface area contributed by atoms with Crippen molar-refractivity contribution in [2.45, 2.75) is 38.6 Å². The first kappa shape index (κ1) is 12.0. The van der Waals surface area contributed by atoms with E-state index in [1.54, 1.807) is 12.1 Å². The van der Waals surface area contributed by atoms with Crippen molar-refractivity contribution in [2.24, 2.45) is 11.8 Å². The van der Waals surface area contributed by atoms with Gasteiger partial charge in [0.1, 0.15) is 5.75 Å². The molecule has 0 bridgehead atoms. The van der Waals surface area contributed by atoms with Crippen molar-refractivity contribution in [1.29, 1.82) is 0 Å². The van der Waals surface area contributed by atoms with Crippen LogP contribution in [0, 0.1) is 11.8 Å².